The third kappa shape index (κ3) is 3.75. The van der Waals surface area contributed by atoms with Crippen molar-refractivity contribution in [3.63, 3.8) is 0 Å². The molecule has 0 radical (unpaired) electrons. The van der Waals surface area contributed by atoms with Crippen LogP contribution in [0, 0.1) is 11.3 Å². The molecule has 2 saturated carbocycles. The predicted octanol–water partition coefficient (Wildman–Crippen LogP) is 4.93. The highest BCUT2D eigenvalue weighted by molar-refractivity contribution is 5.76. The van der Waals surface area contributed by atoms with Crippen LogP contribution in [-0.4, -0.2) is 53.5 Å². The standard InChI is InChI=1S/C30H38N2O2/c1-31(28(34)12-9-22-5-3-2-4-6-22)25-13-14-29-18-24-10-11-26(33)17-27(24)30(29,19-25)15-16-32(21-29)20-23-7-8-23/h2-6,10-11,17,23,25,33H,7-9,12-16,18-21H2,1H3/t25-,29?,30?/m0/s1. The number of carbonyl (C=O) groups is 1. The molecule has 1 N–H and O–H groups in total. The Hall–Kier alpha value is -2.33. The van der Waals surface area contributed by atoms with Crippen LogP contribution in [0.4, 0.5) is 0 Å². The number of hydrogen-bond donors (Lipinski definition) is 1. The summed E-state index contributed by atoms with van der Waals surface area (Å²) in [7, 11) is 2.03. The monoisotopic (exact) mass is 458 g/mol. The third-order valence-electron chi connectivity index (χ3n) is 9.70. The number of aryl methyl sites for hydroxylation is 1. The van der Waals surface area contributed by atoms with Crippen LogP contribution in [0.3, 0.4) is 0 Å². The fourth-order valence-electron chi connectivity index (χ4n) is 7.66. The molecule has 2 aromatic rings. The lowest BCUT2D eigenvalue weighted by atomic mass is 9.52. The lowest BCUT2D eigenvalue weighted by Gasteiger charge is -2.59. The summed E-state index contributed by atoms with van der Waals surface area (Å²) in [5.41, 5.74) is 4.38. The van der Waals surface area contributed by atoms with Crippen molar-refractivity contribution in [2.24, 2.45) is 11.3 Å². The van der Waals surface area contributed by atoms with Crippen molar-refractivity contribution in [1.82, 2.24) is 9.80 Å². The largest absolute Gasteiger partial charge is 0.508 e. The third-order valence-corrected chi connectivity index (χ3v) is 9.70. The molecule has 2 unspecified atom stereocenters. The molecule has 0 aromatic heterocycles. The van der Waals surface area contributed by atoms with Crippen LogP contribution in [0.5, 0.6) is 5.75 Å². The molecule has 0 bridgehead atoms. The Morgan fingerprint density at radius 2 is 1.94 bits per heavy atom. The Morgan fingerprint density at radius 1 is 1.12 bits per heavy atom. The molecular formula is C30H38N2O2. The summed E-state index contributed by atoms with van der Waals surface area (Å²) >= 11 is 0. The van der Waals surface area contributed by atoms with Gasteiger partial charge < -0.3 is 14.9 Å². The van der Waals surface area contributed by atoms with Gasteiger partial charge in [0.2, 0.25) is 5.91 Å². The van der Waals surface area contributed by atoms with Crippen molar-refractivity contribution in [3.05, 3.63) is 65.2 Å². The lowest BCUT2D eigenvalue weighted by molar-refractivity contribution is -0.135. The Labute approximate surface area is 204 Å². The van der Waals surface area contributed by atoms with Crippen LogP contribution in [0.25, 0.3) is 0 Å². The molecule has 34 heavy (non-hydrogen) atoms. The van der Waals surface area contributed by atoms with Gasteiger partial charge in [-0.05, 0) is 98.1 Å². The van der Waals surface area contributed by atoms with Gasteiger partial charge in [-0.15, -0.1) is 0 Å². The number of fused-ring (bicyclic) bond motifs is 1. The van der Waals surface area contributed by atoms with Gasteiger partial charge in [-0.3, -0.25) is 4.79 Å². The van der Waals surface area contributed by atoms with E-state index in [-0.39, 0.29) is 22.8 Å². The van der Waals surface area contributed by atoms with Crippen LogP contribution in [0.15, 0.2) is 48.5 Å². The van der Waals surface area contributed by atoms with Gasteiger partial charge in [0.05, 0.1) is 0 Å². The van der Waals surface area contributed by atoms with E-state index in [1.165, 1.54) is 49.0 Å². The molecule has 180 valence electrons. The zero-order valence-corrected chi connectivity index (χ0v) is 20.5. The molecule has 4 nitrogen and oxygen atoms in total. The quantitative estimate of drug-likeness (QED) is 0.667. The van der Waals surface area contributed by atoms with Gasteiger partial charge in [0.25, 0.3) is 0 Å². The predicted molar refractivity (Wildman–Crippen MR) is 135 cm³/mol. The first-order valence-electron chi connectivity index (χ1n) is 13.3. The van der Waals surface area contributed by atoms with Crippen molar-refractivity contribution in [3.8, 4) is 5.75 Å². The van der Waals surface area contributed by atoms with Gasteiger partial charge in [0, 0.05) is 38.0 Å². The lowest BCUT2D eigenvalue weighted by Crippen LogP contribution is -2.61. The minimum atomic E-state index is 0.0814. The second-order valence-electron chi connectivity index (χ2n) is 11.7. The fourth-order valence-corrected chi connectivity index (χ4v) is 7.66. The minimum Gasteiger partial charge on any atom is -0.508 e. The van der Waals surface area contributed by atoms with Gasteiger partial charge in [0.1, 0.15) is 5.75 Å². The van der Waals surface area contributed by atoms with E-state index in [1.807, 2.05) is 31.3 Å². The van der Waals surface area contributed by atoms with Crippen molar-refractivity contribution >= 4 is 5.91 Å². The van der Waals surface area contributed by atoms with Gasteiger partial charge in [-0.1, -0.05) is 36.4 Å². The Morgan fingerprint density at radius 3 is 2.74 bits per heavy atom. The van der Waals surface area contributed by atoms with E-state index in [9.17, 15) is 9.90 Å². The molecule has 3 aliphatic carbocycles. The number of amides is 1. The number of likely N-dealkylation sites (tertiary alicyclic amines) is 1. The highest BCUT2D eigenvalue weighted by Gasteiger charge is 2.62. The summed E-state index contributed by atoms with van der Waals surface area (Å²) in [6, 6.07) is 16.7. The van der Waals surface area contributed by atoms with Crippen molar-refractivity contribution in [1.29, 1.82) is 0 Å². The highest BCUT2D eigenvalue weighted by Crippen LogP contribution is 2.64. The second kappa shape index (κ2) is 8.41. The Bertz CT molecular complexity index is 1060. The number of nitrogens with zero attached hydrogens (tertiary/aromatic N) is 2. The van der Waals surface area contributed by atoms with Crippen molar-refractivity contribution in [2.45, 2.75) is 69.2 Å². The van der Waals surface area contributed by atoms with E-state index < -0.39 is 0 Å². The first-order chi connectivity index (χ1) is 16.5. The van der Waals surface area contributed by atoms with Gasteiger partial charge in [0.15, 0.2) is 0 Å². The number of carbonyl (C=O) groups excluding carboxylic acids is 1. The molecule has 1 amide bonds. The molecule has 6 rings (SSSR count). The number of hydrogen-bond acceptors (Lipinski definition) is 3. The van der Waals surface area contributed by atoms with Crippen LogP contribution in [0.2, 0.25) is 0 Å². The molecule has 4 heteroatoms. The number of phenolic OH excluding ortho intramolecular Hbond substituents is 1. The number of rotatable bonds is 6. The van der Waals surface area contributed by atoms with Gasteiger partial charge >= 0.3 is 0 Å². The molecule has 0 spiro atoms. The molecule has 3 fully saturated rings. The maximum Gasteiger partial charge on any atom is 0.222 e. The van der Waals surface area contributed by atoms with E-state index >= 15 is 0 Å². The zero-order valence-electron chi connectivity index (χ0n) is 20.5. The minimum absolute atomic E-state index is 0.0814. The average molecular weight is 459 g/mol. The van der Waals surface area contributed by atoms with Crippen LogP contribution in [-0.2, 0) is 23.1 Å². The topological polar surface area (TPSA) is 43.8 Å². The first-order valence-corrected chi connectivity index (χ1v) is 13.3. The fraction of sp³-hybridized carbons (Fsp3) is 0.567. The Balaban J connectivity index is 1.24. The average Bonchev–Trinajstić information content (AvgIpc) is 3.62. The van der Waals surface area contributed by atoms with Crippen LogP contribution < -0.4 is 0 Å². The molecular weight excluding hydrogens is 420 g/mol. The summed E-state index contributed by atoms with van der Waals surface area (Å²) < 4.78 is 0. The molecule has 1 saturated heterocycles. The van der Waals surface area contributed by atoms with Gasteiger partial charge in [-0.2, -0.15) is 0 Å². The van der Waals surface area contributed by atoms with E-state index in [2.05, 4.69) is 34.1 Å². The molecule has 1 aliphatic heterocycles. The number of aromatic hydroxyl groups is 1. The SMILES string of the molecule is CN(C(=O)CCc1ccccc1)[C@H]1CCC23Cc4ccc(O)cc4C2(CCN(CC2CC2)C3)C1. The van der Waals surface area contributed by atoms with Crippen molar-refractivity contribution in [2.75, 3.05) is 26.7 Å². The van der Waals surface area contributed by atoms with Crippen LogP contribution >= 0.6 is 0 Å². The summed E-state index contributed by atoms with van der Waals surface area (Å²) in [5.74, 6) is 1.57. The summed E-state index contributed by atoms with van der Waals surface area (Å²) in [5, 5.41) is 10.4. The molecule has 2 aromatic carbocycles. The maximum atomic E-state index is 13.2. The number of benzene rings is 2. The molecule has 4 aliphatic rings. The summed E-state index contributed by atoms with van der Waals surface area (Å²) in [6.07, 6.45) is 9.76. The Kier molecular flexibility index (Phi) is 5.48. The van der Waals surface area contributed by atoms with E-state index in [4.69, 9.17) is 0 Å². The van der Waals surface area contributed by atoms with Crippen LogP contribution in [0.1, 0.15) is 61.6 Å². The molecule has 3 atom stereocenters. The number of piperidine rings is 1. The zero-order chi connectivity index (χ0) is 23.3. The highest BCUT2D eigenvalue weighted by atomic mass is 16.3. The molecule has 1 heterocycles. The van der Waals surface area contributed by atoms with E-state index in [0.717, 1.165) is 44.6 Å². The first kappa shape index (κ1) is 22.2. The second-order valence-corrected chi connectivity index (χ2v) is 11.7. The smallest absolute Gasteiger partial charge is 0.222 e. The van der Waals surface area contributed by atoms with Gasteiger partial charge in [-0.25, -0.2) is 0 Å². The summed E-state index contributed by atoms with van der Waals surface area (Å²) in [6.45, 7) is 3.59. The summed E-state index contributed by atoms with van der Waals surface area (Å²) in [4.78, 5) is 18.0. The van der Waals surface area contributed by atoms with E-state index in [1.54, 1.807) is 0 Å². The number of phenols is 1. The maximum absolute atomic E-state index is 13.2. The van der Waals surface area contributed by atoms with E-state index in [0.29, 0.717) is 12.2 Å². The normalized spacial score (nSPS) is 30.3. The van der Waals surface area contributed by atoms with Crippen molar-refractivity contribution < 1.29 is 9.90 Å².